The maximum Gasteiger partial charge on any atom is 0.238 e. The number of rotatable bonds is 7. The van der Waals surface area contributed by atoms with Crippen LogP contribution >= 0.6 is 0 Å². The number of likely N-dealkylation sites (N-methyl/N-ethyl adjacent to an activating group) is 1. The van der Waals surface area contributed by atoms with Crippen molar-refractivity contribution in [1.82, 2.24) is 14.5 Å². The molecule has 2 rings (SSSR count). The average molecular weight is 343 g/mol. The lowest BCUT2D eigenvalue weighted by Gasteiger charge is -2.17. The molecule has 0 aliphatic heterocycles. The zero-order chi connectivity index (χ0) is 18.4. The number of carbonyl (C=O) groups excluding carboxylic acids is 2. The van der Waals surface area contributed by atoms with Gasteiger partial charge in [-0.15, -0.1) is 0 Å². The summed E-state index contributed by atoms with van der Waals surface area (Å²) in [5, 5.41) is 5.71. The summed E-state index contributed by atoms with van der Waals surface area (Å²) in [6.45, 7) is 4.15. The SMILES string of the molecule is Cc1nccn1C(C)CC(=O)Nc1ccccc1NC(=O)CN(C)C. The maximum absolute atomic E-state index is 12.4. The molecule has 7 nitrogen and oxygen atoms in total. The van der Waals surface area contributed by atoms with E-state index < -0.39 is 0 Å². The Labute approximate surface area is 148 Å². The molecule has 0 bridgehead atoms. The van der Waals surface area contributed by atoms with Gasteiger partial charge in [-0.05, 0) is 40.1 Å². The second-order valence-electron chi connectivity index (χ2n) is 6.31. The number of benzene rings is 1. The molecule has 2 amide bonds. The number of amides is 2. The Hall–Kier alpha value is -2.67. The van der Waals surface area contributed by atoms with E-state index in [1.165, 1.54) is 0 Å². The molecule has 1 unspecified atom stereocenters. The maximum atomic E-state index is 12.4. The Morgan fingerprint density at radius 1 is 1.16 bits per heavy atom. The monoisotopic (exact) mass is 343 g/mol. The highest BCUT2D eigenvalue weighted by atomic mass is 16.2. The van der Waals surface area contributed by atoms with Crippen LogP contribution in [0.25, 0.3) is 0 Å². The molecule has 1 aromatic carbocycles. The number of carbonyl (C=O) groups is 2. The summed E-state index contributed by atoms with van der Waals surface area (Å²) < 4.78 is 1.96. The number of hydrogen-bond donors (Lipinski definition) is 2. The number of aryl methyl sites for hydroxylation is 1. The van der Waals surface area contributed by atoms with E-state index >= 15 is 0 Å². The van der Waals surface area contributed by atoms with Gasteiger partial charge < -0.3 is 20.1 Å². The fourth-order valence-corrected chi connectivity index (χ4v) is 2.60. The smallest absolute Gasteiger partial charge is 0.238 e. The van der Waals surface area contributed by atoms with Crippen LogP contribution in [-0.2, 0) is 9.59 Å². The summed E-state index contributed by atoms with van der Waals surface area (Å²) in [5.41, 5.74) is 1.18. The van der Waals surface area contributed by atoms with E-state index in [2.05, 4.69) is 15.6 Å². The first kappa shape index (κ1) is 18.7. The van der Waals surface area contributed by atoms with Crippen molar-refractivity contribution in [2.45, 2.75) is 26.3 Å². The molecular weight excluding hydrogens is 318 g/mol. The largest absolute Gasteiger partial charge is 0.332 e. The zero-order valence-corrected chi connectivity index (χ0v) is 15.1. The van der Waals surface area contributed by atoms with E-state index in [1.807, 2.05) is 50.8 Å². The molecule has 2 aromatic rings. The molecule has 0 fully saturated rings. The van der Waals surface area contributed by atoms with Gasteiger partial charge in [0.15, 0.2) is 0 Å². The number of hydrogen-bond acceptors (Lipinski definition) is 4. The van der Waals surface area contributed by atoms with E-state index in [-0.39, 0.29) is 24.4 Å². The predicted molar refractivity (Wildman–Crippen MR) is 98.5 cm³/mol. The third kappa shape index (κ3) is 5.42. The van der Waals surface area contributed by atoms with Crippen molar-refractivity contribution in [3.63, 3.8) is 0 Å². The van der Waals surface area contributed by atoms with Gasteiger partial charge in [0.25, 0.3) is 0 Å². The van der Waals surface area contributed by atoms with E-state index in [0.29, 0.717) is 17.8 Å². The van der Waals surface area contributed by atoms with Crippen molar-refractivity contribution in [3.05, 3.63) is 42.5 Å². The first-order valence-electron chi connectivity index (χ1n) is 8.19. The van der Waals surface area contributed by atoms with Crippen LogP contribution in [0.5, 0.6) is 0 Å². The number of para-hydroxylation sites is 2. The van der Waals surface area contributed by atoms with Gasteiger partial charge in [0.2, 0.25) is 11.8 Å². The lowest BCUT2D eigenvalue weighted by molar-refractivity contribution is -0.117. The average Bonchev–Trinajstić information content (AvgIpc) is 2.94. The highest BCUT2D eigenvalue weighted by molar-refractivity contribution is 6.00. The summed E-state index contributed by atoms with van der Waals surface area (Å²) in [6.07, 6.45) is 3.90. The second kappa shape index (κ2) is 8.43. The Kier molecular flexibility index (Phi) is 6.30. The van der Waals surface area contributed by atoms with Crippen molar-refractivity contribution in [2.24, 2.45) is 0 Å². The minimum absolute atomic E-state index is 0.00186. The zero-order valence-electron chi connectivity index (χ0n) is 15.1. The standard InChI is InChI=1S/C18H25N5O2/c1-13(23-10-9-19-14(23)2)11-17(24)20-15-7-5-6-8-16(15)21-18(25)12-22(3)4/h5-10,13H,11-12H2,1-4H3,(H,20,24)(H,21,25). The molecule has 134 valence electrons. The minimum atomic E-state index is -0.130. The van der Waals surface area contributed by atoms with Gasteiger partial charge >= 0.3 is 0 Å². The van der Waals surface area contributed by atoms with Crippen LogP contribution in [0.1, 0.15) is 25.2 Å². The second-order valence-corrected chi connectivity index (χ2v) is 6.31. The Morgan fingerprint density at radius 2 is 1.76 bits per heavy atom. The molecule has 0 aliphatic rings. The Morgan fingerprint density at radius 3 is 2.28 bits per heavy atom. The molecule has 0 saturated carbocycles. The highest BCUT2D eigenvalue weighted by Gasteiger charge is 2.14. The van der Waals surface area contributed by atoms with Crippen molar-refractivity contribution in [2.75, 3.05) is 31.3 Å². The normalized spacial score (nSPS) is 12.0. The van der Waals surface area contributed by atoms with Crippen LogP contribution in [0, 0.1) is 6.92 Å². The van der Waals surface area contributed by atoms with Gasteiger partial charge in [-0.3, -0.25) is 9.59 Å². The molecular formula is C18H25N5O2. The molecule has 0 spiro atoms. The third-order valence-electron chi connectivity index (χ3n) is 3.75. The van der Waals surface area contributed by atoms with Crippen LogP contribution in [0.4, 0.5) is 11.4 Å². The van der Waals surface area contributed by atoms with Gasteiger partial charge in [0.05, 0.1) is 17.9 Å². The molecule has 25 heavy (non-hydrogen) atoms. The van der Waals surface area contributed by atoms with E-state index in [0.717, 1.165) is 5.82 Å². The summed E-state index contributed by atoms with van der Waals surface area (Å²) in [6, 6.07) is 7.18. The topological polar surface area (TPSA) is 79.3 Å². The highest BCUT2D eigenvalue weighted by Crippen LogP contribution is 2.22. The minimum Gasteiger partial charge on any atom is -0.332 e. The van der Waals surface area contributed by atoms with Crippen molar-refractivity contribution >= 4 is 23.2 Å². The van der Waals surface area contributed by atoms with E-state index in [1.54, 1.807) is 23.2 Å². The van der Waals surface area contributed by atoms with Gasteiger partial charge in [0, 0.05) is 24.9 Å². The number of nitrogens with zero attached hydrogens (tertiary/aromatic N) is 3. The summed E-state index contributed by atoms with van der Waals surface area (Å²) in [7, 11) is 3.65. The predicted octanol–water partition coefficient (Wildman–Crippen LogP) is 2.28. The van der Waals surface area contributed by atoms with Crippen LogP contribution in [0.3, 0.4) is 0 Å². The van der Waals surface area contributed by atoms with Crippen LogP contribution in [-0.4, -0.2) is 46.9 Å². The summed E-state index contributed by atoms with van der Waals surface area (Å²) in [4.78, 5) is 30.3. The first-order valence-corrected chi connectivity index (χ1v) is 8.19. The first-order chi connectivity index (χ1) is 11.9. The fourth-order valence-electron chi connectivity index (χ4n) is 2.60. The molecule has 0 radical (unpaired) electrons. The molecule has 1 heterocycles. The third-order valence-corrected chi connectivity index (χ3v) is 3.75. The Balaban J connectivity index is 2.01. The van der Waals surface area contributed by atoms with Gasteiger partial charge in [-0.2, -0.15) is 0 Å². The quantitative estimate of drug-likeness (QED) is 0.808. The van der Waals surface area contributed by atoms with E-state index in [9.17, 15) is 9.59 Å². The summed E-state index contributed by atoms with van der Waals surface area (Å²) >= 11 is 0. The molecule has 1 atom stereocenters. The number of anilines is 2. The number of nitrogens with one attached hydrogen (secondary N) is 2. The van der Waals surface area contributed by atoms with Crippen molar-refractivity contribution in [1.29, 1.82) is 0 Å². The lowest BCUT2D eigenvalue weighted by Crippen LogP contribution is -2.27. The molecule has 0 aliphatic carbocycles. The molecule has 7 heteroatoms. The van der Waals surface area contributed by atoms with Crippen LogP contribution in [0.2, 0.25) is 0 Å². The number of aromatic nitrogens is 2. The van der Waals surface area contributed by atoms with E-state index in [4.69, 9.17) is 0 Å². The van der Waals surface area contributed by atoms with Gasteiger partial charge in [-0.25, -0.2) is 4.98 Å². The Bertz CT molecular complexity index is 739. The molecule has 0 saturated heterocycles. The van der Waals surface area contributed by atoms with Gasteiger partial charge in [-0.1, -0.05) is 12.1 Å². The van der Waals surface area contributed by atoms with Crippen LogP contribution < -0.4 is 10.6 Å². The summed E-state index contributed by atoms with van der Waals surface area (Å²) in [5.74, 6) is 0.626. The molecule has 1 aromatic heterocycles. The fraction of sp³-hybridized carbons (Fsp3) is 0.389. The van der Waals surface area contributed by atoms with Crippen LogP contribution in [0.15, 0.2) is 36.7 Å². The lowest BCUT2D eigenvalue weighted by atomic mass is 10.2. The van der Waals surface area contributed by atoms with Crippen molar-refractivity contribution < 1.29 is 9.59 Å². The van der Waals surface area contributed by atoms with Gasteiger partial charge in [0.1, 0.15) is 5.82 Å². The number of imidazole rings is 1. The van der Waals surface area contributed by atoms with Crippen molar-refractivity contribution in [3.8, 4) is 0 Å². The molecule has 2 N–H and O–H groups in total.